The zero-order chi connectivity index (χ0) is 14.6. The summed E-state index contributed by atoms with van der Waals surface area (Å²) >= 11 is 0. The lowest BCUT2D eigenvalue weighted by Gasteiger charge is -2.26. The lowest BCUT2D eigenvalue weighted by atomic mass is 10.0. The van der Waals surface area contributed by atoms with Crippen LogP contribution in [0.5, 0.6) is 0 Å². The highest BCUT2D eigenvalue weighted by molar-refractivity contribution is 7.89. The van der Waals surface area contributed by atoms with E-state index in [4.69, 9.17) is 10.6 Å². The maximum Gasteiger partial charge on any atom is 0.244 e. The number of pyridine rings is 1. The summed E-state index contributed by atoms with van der Waals surface area (Å²) in [5.41, 5.74) is 2.37. The van der Waals surface area contributed by atoms with E-state index < -0.39 is 10.0 Å². The maximum absolute atomic E-state index is 12.4. The van der Waals surface area contributed by atoms with Crippen LogP contribution in [0.2, 0.25) is 0 Å². The Morgan fingerprint density at radius 1 is 1.45 bits per heavy atom. The van der Waals surface area contributed by atoms with E-state index in [1.807, 2.05) is 0 Å². The lowest BCUT2D eigenvalue weighted by molar-refractivity contribution is 0.0620. The van der Waals surface area contributed by atoms with Gasteiger partial charge in [0, 0.05) is 33.0 Å². The fourth-order valence-electron chi connectivity index (χ4n) is 2.19. The highest BCUT2D eigenvalue weighted by Gasteiger charge is 2.25. The minimum absolute atomic E-state index is 0.172. The van der Waals surface area contributed by atoms with Crippen LogP contribution in [0.25, 0.3) is 0 Å². The second-order valence-corrected chi connectivity index (χ2v) is 6.91. The summed E-state index contributed by atoms with van der Waals surface area (Å²) in [5, 5.41) is 0. The number of sulfonamides is 1. The molecule has 1 aliphatic heterocycles. The minimum atomic E-state index is -3.50. The molecular formula is C12H20N4O3S. The molecule has 0 radical (unpaired) electrons. The minimum Gasteiger partial charge on any atom is -0.381 e. The topological polar surface area (TPSA) is 97.5 Å². The van der Waals surface area contributed by atoms with Crippen molar-refractivity contribution >= 4 is 15.8 Å². The molecule has 1 fully saturated rings. The summed E-state index contributed by atoms with van der Waals surface area (Å²) in [5.74, 6) is 5.98. The first-order valence-electron chi connectivity index (χ1n) is 6.51. The fraction of sp³-hybridized carbons (Fsp3) is 0.583. The Morgan fingerprint density at radius 2 is 2.15 bits per heavy atom. The number of aromatic nitrogens is 1. The molecule has 1 aliphatic rings. The normalized spacial score (nSPS) is 17.4. The van der Waals surface area contributed by atoms with Crippen LogP contribution in [0.4, 0.5) is 5.82 Å². The van der Waals surface area contributed by atoms with E-state index in [2.05, 4.69) is 10.4 Å². The Labute approximate surface area is 119 Å². The van der Waals surface area contributed by atoms with Crippen molar-refractivity contribution in [1.82, 2.24) is 9.29 Å². The predicted octanol–water partition coefficient (Wildman–Crippen LogP) is 0.414. The molecule has 0 aliphatic carbocycles. The molecule has 0 aromatic carbocycles. The fourth-order valence-corrected chi connectivity index (χ4v) is 3.38. The summed E-state index contributed by atoms with van der Waals surface area (Å²) in [6, 6.07) is 3.03. The SMILES string of the molecule is CN(CC1CCOCC1)S(=O)(=O)c1ccc(NN)nc1. The number of nitrogens with two attached hydrogens (primary N) is 1. The van der Waals surface area contributed by atoms with Crippen molar-refractivity contribution in [3.63, 3.8) is 0 Å². The van der Waals surface area contributed by atoms with Crippen LogP contribution in [0.3, 0.4) is 0 Å². The van der Waals surface area contributed by atoms with Gasteiger partial charge in [-0.2, -0.15) is 0 Å². The number of nitrogens with one attached hydrogen (secondary N) is 1. The van der Waals surface area contributed by atoms with E-state index >= 15 is 0 Å². The van der Waals surface area contributed by atoms with E-state index in [0.717, 1.165) is 12.8 Å². The van der Waals surface area contributed by atoms with Gasteiger partial charge in [0.1, 0.15) is 10.7 Å². The first-order chi connectivity index (χ1) is 9.54. The number of nitrogens with zero attached hydrogens (tertiary/aromatic N) is 2. The van der Waals surface area contributed by atoms with Crippen molar-refractivity contribution < 1.29 is 13.2 Å². The van der Waals surface area contributed by atoms with Crippen LogP contribution in [-0.4, -0.2) is 44.5 Å². The Morgan fingerprint density at radius 3 is 2.70 bits per heavy atom. The smallest absolute Gasteiger partial charge is 0.244 e. The Balaban J connectivity index is 2.07. The third-order valence-electron chi connectivity index (χ3n) is 3.45. The summed E-state index contributed by atoms with van der Waals surface area (Å²) in [7, 11) is -1.90. The van der Waals surface area contributed by atoms with Crippen LogP contribution in [0.15, 0.2) is 23.2 Å². The Hall–Kier alpha value is -1.22. The first-order valence-corrected chi connectivity index (χ1v) is 7.95. The van der Waals surface area contributed by atoms with Crippen molar-refractivity contribution in [2.75, 3.05) is 32.2 Å². The van der Waals surface area contributed by atoms with Crippen molar-refractivity contribution in [1.29, 1.82) is 0 Å². The van der Waals surface area contributed by atoms with Gasteiger partial charge in [-0.25, -0.2) is 23.5 Å². The summed E-state index contributed by atoms with van der Waals surface area (Å²) in [4.78, 5) is 4.10. The molecule has 112 valence electrons. The molecule has 1 saturated heterocycles. The van der Waals surface area contributed by atoms with Gasteiger partial charge in [0.2, 0.25) is 10.0 Å². The van der Waals surface area contributed by atoms with Gasteiger partial charge in [-0.05, 0) is 30.9 Å². The summed E-state index contributed by atoms with van der Waals surface area (Å²) in [6.45, 7) is 1.91. The lowest BCUT2D eigenvalue weighted by Crippen LogP contribution is -2.34. The molecule has 0 atom stereocenters. The maximum atomic E-state index is 12.4. The van der Waals surface area contributed by atoms with E-state index in [1.54, 1.807) is 7.05 Å². The van der Waals surface area contributed by atoms with Gasteiger partial charge < -0.3 is 10.2 Å². The molecule has 0 spiro atoms. The van der Waals surface area contributed by atoms with E-state index in [9.17, 15) is 8.42 Å². The molecule has 0 amide bonds. The zero-order valence-corrected chi connectivity index (χ0v) is 12.3. The van der Waals surface area contributed by atoms with Crippen LogP contribution < -0.4 is 11.3 Å². The van der Waals surface area contributed by atoms with Gasteiger partial charge in [0.25, 0.3) is 0 Å². The molecule has 2 heterocycles. The Kier molecular flexibility index (Phi) is 4.92. The molecular weight excluding hydrogens is 280 g/mol. The quantitative estimate of drug-likeness (QED) is 0.604. The number of nitrogen functional groups attached to an aromatic ring is 1. The van der Waals surface area contributed by atoms with Crippen LogP contribution >= 0.6 is 0 Å². The zero-order valence-electron chi connectivity index (χ0n) is 11.4. The highest BCUT2D eigenvalue weighted by atomic mass is 32.2. The number of rotatable bonds is 5. The number of hydrogen-bond acceptors (Lipinski definition) is 6. The van der Waals surface area contributed by atoms with Gasteiger partial charge in [-0.1, -0.05) is 0 Å². The van der Waals surface area contributed by atoms with Gasteiger partial charge in [0.05, 0.1) is 0 Å². The average molecular weight is 300 g/mol. The van der Waals surface area contributed by atoms with E-state index in [-0.39, 0.29) is 4.90 Å². The number of ether oxygens (including phenoxy) is 1. The molecule has 7 nitrogen and oxygen atoms in total. The van der Waals surface area contributed by atoms with Crippen molar-refractivity contribution in [2.24, 2.45) is 11.8 Å². The molecule has 1 aromatic rings. The Bertz CT molecular complexity index is 526. The number of hydrazine groups is 1. The van der Waals surface area contributed by atoms with Gasteiger partial charge in [0.15, 0.2) is 0 Å². The standard InChI is InChI=1S/C12H20N4O3S/c1-16(9-10-4-6-19-7-5-10)20(17,18)11-2-3-12(15-13)14-8-11/h2-3,8,10H,4-7,9,13H2,1H3,(H,14,15). The predicted molar refractivity (Wildman–Crippen MR) is 75.4 cm³/mol. The third-order valence-corrected chi connectivity index (χ3v) is 5.26. The molecule has 0 unspecified atom stereocenters. The molecule has 1 aromatic heterocycles. The highest BCUT2D eigenvalue weighted by Crippen LogP contribution is 2.20. The second kappa shape index (κ2) is 6.49. The molecule has 20 heavy (non-hydrogen) atoms. The van der Waals surface area contributed by atoms with E-state index in [1.165, 1.54) is 22.6 Å². The van der Waals surface area contributed by atoms with Crippen molar-refractivity contribution in [3.8, 4) is 0 Å². The largest absolute Gasteiger partial charge is 0.381 e. The molecule has 0 saturated carbocycles. The third kappa shape index (κ3) is 3.45. The monoisotopic (exact) mass is 300 g/mol. The van der Waals surface area contributed by atoms with Gasteiger partial charge in [-0.15, -0.1) is 0 Å². The van der Waals surface area contributed by atoms with Crippen LogP contribution in [0.1, 0.15) is 12.8 Å². The van der Waals surface area contributed by atoms with Gasteiger partial charge >= 0.3 is 0 Å². The molecule has 0 bridgehead atoms. The summed E-state index contributed by atoms with van der Waals surface area (Å²) < 4.78 is 31.5. The van der Waals surface area contributed by atoms with Crippen LogP contribution in [-0.2, 0) is 14.8 Å². The average Bonchev–Trinajstić information content (AvgIpc) is 2.48. The molecule has 2 rings (SSSR count). The number of anilines is 1. The van der Waals surface area contributed by atoms with Crippen LogP contribution in [0, 0.1) is 5.92 Å². The second-order valence-electron chi connectivity index (χ2n) is 4.86. The number of hydrogen-bond donors (Lipinski definition) is 2. The summed E-state index contributed by atoms with van der Waals surface area (Å²) in [6.07, 6.45) is 3.10. The van der Waals surface area contributed by atoms with E-state index in [0.29, 0.717) is 31.5 Å². The van der Waals surface area contributed by atoms with Crippen molar-refractivity contribution in [2.45, 2.75) is 17.7 Å². The molecule has 3 N–H and O–H groups in total. The first kappa shape index (κ1) is 15.2. The van der Waals surface area contributed by atoms with Crippen molar-refractivity contribution in [3.05, 3.63) is 18.3 Å². The molecule has 8 heteroatoms. The van der Waals surface area contributed by atoms with Gasteiger partial charge in [-0.3, -0.25) is 0 Å².